The summed E-state index contributed by atoms with van der Waals surface area (Å²) in [7, 11) is 0. The second kappa shape index (κ2) is 7.94. The van der Waals surface area contributed by atoms with Gasteiger partial charge in [0.15, 0.2) is 0 Å². The molecule has 7 heteroatoms. The summed E-state index contributed by atoms with van der Waals surface area (Å²) in [5, 5.41) is 5.11. The molecule has 27 heavy (non-hydrogen) atoms. The lowest BCUT2D eigenvalue weighted by Crippen LogP contribution is -2.17. The first-order valence-corrected chi connectivity index (χ1v) is 8.86. The minimum atomic E-state index is -0.416. The molecule has 2 aromatic carbocycles. The van der Waals surface area contributed by atoms with Crippen molar-refractivity contribution in [3.8, 4) is 5.69 Å². The van der Waals surface area contributed by atoms with E-state index in [9.17, 15) is 9.18 Å². The van der Waals surface area contributed by atoms with E-state index in [2.05, 4.69) is 10.5 Å². The lowest BCUT2D eigenvalue weighted by molar-refractivity contribution is 0.0955. The normalized spacial score (nSPS) is 11.1. The Balaban J connectivity index is 1.81. The molecule has 0 bridgehead atoms. The molecule has 0 spiro atoms. The number of aryl methyl sites for hydroxylation is 1. The predicted molar refractivity (Wildman–Crippen MR) is 107 cm³/mol. The predicted octanol–water partition coefficient (Wildman–Crippen LogP) is 5.30. The minimum absolute atomic E-state index is 0.326. The van der Waals surface area contributed by atoms with E-state index in [1.807, 2.05) is 30.5 Å². The van der Waals surface area contributed by atoms with Gasteiger partial charge in [0.25, 0.3) is 5.91 Å². The quantitative estimate of drug-likeness (QED) is 0.465. The van der Waals surface area contributed by atoms with Crippen molar-refractivity contribution in [2.75, 3.05) is 0 Å². The van der Waals surface area contributed by atoms with Crippen LogP contribution in [0.3, 0.4) is 0 Å². The largest absolute Gasteiger partial charge is 0.316 e. The number of nitrogens with zero attached hydrogens (tertiary/aromatic N) is 2. The van der Waals surface area contributed by atoms with Crippen LogP contribution >= 0.6 is 23.2 Å². The van der Waals surface area contributed by atoms with Crippen LogP contribution in [0.5, 0.6) is 0 Å². The third kappa shape index (κ3) is 4.21. The maximum absolute atomic E-state index is 12.9. The van der Waals surface area contributed by atoms with Gasteiger partial charge in [0.05, 0.1) is 16.9 Å². The highest BCUT2D eigenvalue weighted by atomic mass is 35.5. The number of carbonyl (C=O) groups excluding carboxylic acids is 1. The zero-order valence-electron chi connectivity index (χ0n) is 14.6. The molecule has 1 amide bonds. The smallest absolute Gasteiger partial charge is 0.271 e. The second-order valence-corrected chi connectivity index (χ2v) is 6.81. The van der Waals surface area contributed by atoms with E-state index < -0.39 is 11.7 Å². The molecule has 0 aliphatic heterocycles. The SMILES string of the molecule is Cc1cc(/C=N\NC(=O)c2ccc(F)cc2)c(C)n1-c1ccc(Cl)cc1Cl. The summed E-state index contributed by atoms with van der Waals surface area (Å²) in [6.07, 6.45) is 1.56. The molecule has 0 saturated carbocycles. The van der Waals surface area contributed by atoms with E-state index in [1.165, 1.54) is 24.3 Å². The molecule has 3 rings (SSSR count). The summed E-state index contributed by atoms with van der Waals surface area (Å²) in [6.45, 7) is 3.88. The number of benzene rings is 2. The zero-order chi connectivity index (χ0) is 19.6. The van der Waals surface area contributed by atoms with Gasteiger partial charge in [-0.25, -0.2) is 9.82 Å². The first-order valence-electron chi connectivity index (χ1n) is 8.10. The summed E-state index contributed by atoms with van der Waals surface area (Å²) in [5.41, 5.74) is 6.28. The Kier molecular flexibility index (Phi) is 5.63. The Hall–Kier alpha value is -2.63. The molecular formula is C20H16Cl2FN3O. The Bertz CT molecular complexity index is 1030. The lowest BCUT2D eigenvalue weighted by Gasteiger charge is -2.11. The van der Waals surface area contributed by atoms with Crippen molar-refractivity contribution in [1.29, 1.82) is 0 Å². The number of hydrogen-bond donors (Lipinski definition) is 1. The maximum Gasteiger partial charge on any atom is 0.271 e. The maximum atomic E-state index is 12.9. The van der Waals surface area contributed by atoms with Crippen LogP contribution in [-0.4, -0.2) is 16.7 Å². The van der Waals surface area contributed by atoms with Crippen molar-refractivity contribution in [1.82, 2.24) is 9.99 Å². The van der Waals surface area contributed by atoms with Crippen molar-refractivity contribution in [3.63, 3.8) is 0 Å². The summed E-state index contributed by atoms with van der Waals surface area (Å²) >= 11 is 12.3. The van der Waals surface area contributed by atoms with Gasteiger partial charge in [0.1, 0.15) is 5.82 Å². The summed E-state index contributed by atoms with van der Waals surface area (Å²) in [4.78, 5) is 12.0. The first-order chi connectivity index (χ1) is 12.9. The van der Waals surface area contributed by atoms with E-state index in [0.717, 1.165) is 22.6 Å². The Morgan fingerprint density at radius 2 is 1.81 bits per heavy atom. The number of carbonyl (C=O) groups is 1. The van der Waals surface area contributed by atoms with Crippen LogP contribution in [0.15, 0.2) is 53.6 Å². The van der Waals surface area contributed by atoms with E-state index in [-0.39, 0.29) is 0 Å². The molecule has 0 saturated heterocycles. The van der Waals surface area contributed by atoms with Crippen LogP contribution in [0.1, 0.15) is 27.3 Å². The van der Waals surface area contributed by atoms with Crippen molar-refractivity contribution < 1.29 is 9.18 Å². The van der Waals surface area contributed by atoms with Crippen LogP contribution in [-0.2, 0) is 0 Å². The van der Waals surface area contributed by atoms with Gasteiger partial charge < -0.3 is 4.57 Å². The summed E-state index contributed by atoms with van der Waals surface area (Å²) in [6, 6.07) is 12.5. The highest BCUT2D eigenvalue weighted by molar-refractivity contribution is 6.35. The van der Waals surface area contributed by atoms with Crippen LogP contribution in [0.2, 0.25) is 10.0 Å². The van der Waals surface area contributed by atoms with Gasteiger partial charge >= 0.3 is 0 Å². The molecule has 1 N–H and O–H groups in total. The molecule has 0 unspecified atom stereocenters. The minimum Gasteiger partial charge on any atom is -0.316 e. The van der Waals surface area contributed by atoms with Gasteiger partial charge in [-0.05, 0) is 62.4 Å². The number of halogens is 3. The van der Waals surface area contributed by atoms with E-state index in [4.69, 9.17) is 23.2 Å². The van der Waals surface area contributed by atoms with Crippen LogP contribution in [0.25, 0.3) is 5.69 Å². The summed E-state index contributed by atoms with van der Waals surface area (Å²) in [5.74, 6) is -0.816. The second-order valence-electron chi connectivity index (χ2n) is 5.96. The van der Waals surface area contributed by atoms with Crippen LogP contribution in [0.4, 0.5) is 4.39 Å². The van der Waals surface area contributed by atoms with Gasteiger partial charge in [0, 0.05) is 27.5 Å². The standard InChI is InChI=1S/C20H16Cl2FN3O/c1-12-9-15(11-24-25-20(27)14-3-6-17(23)7-4-14)13(2)26(12)19-8-5-16(21)10-18(19)22/h3-11H,1-2H3,(H,25,27)/b24-11-. The molecule has 0 radical (unpaired) electrons. The fourth-order valence-electron chi connectivity index (χ4n) is 2.78. The highest BCUT2D eigenvalue weighted by Gasteiger charge is 2.12. The van der Waals surface area contributed by atoms with Crippen LogP contribution in [0, 0.1) is 19.7 Å². The van der Waals surface area contributed by atoms with Crippen molar-refractivity contribution in [2.24, 2.45) is 5.10 Å². The van der Waals surface area contributed by atoms with Gasteiger partial charge in [-0.2, -0.15) is 5.10 Å². The Morgan fingerprint density at radius 3 is 2.48 bits per heavy atom. The van der Waals surface area contributed by atoms with Crippen molar-refractivity contribution in [3.05, 3.63) is 86.9 Å². The molecule has 1 heterocycles. The first kappa shape index (κ1) is 19.1. The number of hydrogen-bond acceptors (Lipinski definition) is 2. The van der Waals surface area contributed by atoms with E-state index in [0.29, 0.717) is 15.6 Å². The van der Waals surface area contributed by atoms with Gasteiger partial charge in [0.2, 0.25) is 0 Å². The van der Waals surface area contributed by atoms with Gasteiger partial charge in [-0.1, -0.05) is 23.2 Å². The molecule has 0 fully saturated rings. The average molecular weight is 404 g/mol. The number of hydrazone groups is 1. The Labute approximate surface area is 166 Å². The van der Waals surface area contributed by atoms with Crippen molar-refractivity contribution in [2.45, 2.75) is 13.8 Å². The molecule has 3 aromatic rings. The average Bonchev–Trinajstić information content (AvgIpc) is 2.90. The van der Waals surface area contributed by atoms with Gasteiger partial charge in [-0.15, -0.1) is 0 Å². The van der Waals surface area contributed by atoms with E-state index >= 15 is 0 Å². The number of nitrogens with one attached hydrogen (secondary N) is 1. The van der Waals surface area contributed by atoms with E-state index in [1.54, 1.807) is 18.3 Å². The highest BCUT2D eigenvalue weighted by Crippen LogP contribution is 2.28. The van der Waals surface area contributed by atoms with Crippen LogP contribution < -0.4 is 5.43 Å². The number of aromatic nitrogens is 1. The molecule has 0 atom stereocenters. The number of rotatable bonds is 4. The molecule has 1 aromatic heterocycles. The fourth-order valence-corrected chi connectivity index (χ4v) is 3.27. The molecular weight excluding hydrogens is 388 g/mol. The van der Waals surface area contributed by atoms with Crippen molar-refractivity contribution >= 4 is 35.3 Å². The Morgan fingerprint density at radius 1 is 1.11 bits per heavy atom. The zero-order valence-corrected chi connectivity index (χ0v) is 16.1. The topological polar surface area (TPSA) is 46.4 Å². The number of amides is 1. The third-order valence-corrected chi connectivity index (χ3v) is 4.63. The molecule has 4 nitrogen and oxygen atoms in total. The molecule has 0 aliphatic rings. The van der Waals surface area contributed by atoms with Gasteiger partial charge in [-0.3, -0.25) is 4.79 Å². The lowest BCUT2D eigenvalue weighted by atomic mass is 10.2. The monoisotopic (exact) mass is 403 g/mol. The molecule has 138 valence electrons. The fraction of sp³-hybridized carbons (Fsp3) is 0.100. The molecule has 0 aliphatic carbocycles. The summed E-state index contributed by atoms with van der Waals surface area (Å²) < 4.78 is 14.9. The third-order valence-electron chi connectivity index (χ3n) is 4.10.